The fourth-order valence-electron chi connectivity index (χ4n) is 2.09. The number of esters is 2. The van der Waals surface area contributed by atoms with Crippen LogP contribution in [0.5, 0.6) is 5.75 Å². The number of rotatable bonds is 6. The van der Waals surface area contributed by atoms with Crippen LogP contribution in [0.3, 0.4) is 0 Å². The van der Waals surface area contributed by atoms with Gasteiger partial charge in [0.2, 0.25) is 0 Å². The van der Waals surface area contributed by atoms with E-state index in [1.807, 2.05) is 0 Å². The van der Waals surface area contributed by atoms with E-state index in [2.05, 4.69) is 0 Å². The van der Waals surface area contributed by atoms with Gasteiger partial charge >= 0.3 is 11.9 Å². The molecule has 0 bridgehead atoms. The van der Waals surface area contributed by atoms with Crippen molar-refractivity contribution >= 4 is 17.7 Å². The predicted octanol–water partition coefficient (Wildman–Crippen LogP) is 2.51. The van der Waals surface area contributed by atoms with Crippen molar-refractivity contribution < 1.29 is 29.0 Å². The van der Waals surface area contributed by atoms with Gasteiger partial charge in [-0.05, 0) is 38.8 Å². The quantitative estimate of drug-likeness (QED) is 0.641. The molecule has 0 saturated carbocycles. The first kappa shape index (κ1) is 17.7. The number of aromatic hydroxyl groups is 1. The van der Waals surface area contributed by atoms with Crippen LogP contribution in [-0.4, -0.2) is 36.0 Å². The molecule has 6 nitrogen and oxygen atoms in total. The Balaban J connectivity index is 3.73. The SMILES string of the molecule is CCOC(=O)c1c(C(C)=O)cc(CC)c(O)c1C(=O)OCC. The van der Waals surface area contributed by atoms with Crippen LogP contribution in [-0.2, 0) is 15.9 Å². The number of Topliss-reactive ketones (excluding diaryl/α,β-unsaturated/α-hetero) is 1. The zero-order chi connectivity index (χ0) is 16.9. The summed E-state index contributed by atoms with van der Waals surface area (Å²) in [7, 11) is 0. The maximum atomic E-state index is 12.2. The molecule has 6 heteroatoms. The second kappa shape index (κ2) is 7.59. The lowest BCUT2D eigenvalue weighted by molar-refractivity contribution is 0.0474. The van der Waals surface area contributed by atoms with Crippen molar-refractivity contribution in [2.75, 3.05) is 13.2 Å². The lowest BCUT2D eigenvalue weighted by Crippen LogP contribution is -2.19. The Labute approximate surface area is 129 Å². The third kappa shape index (κ3) is 3.44. The highest BCUT2D eigenvalue weighted by molar-refractivity contribution is 6.13. The Bertz CT molecular complexity index is 603. The molecule has 0 spiro atoms. The number of benzene rings is 1. The molecule has 0 aliphatic heterocycles. The minimum absolute atomic E-state index is 0.0381. The van der Waals surface area contributed by atoms with Crippen molar-refractivity contribution in [3.05, 3.63) is 28.3 Å². The lowest BCUT2D eigenvalue weighted by atomic mass is 9.93. The summed E-state index contributed by atoms with van der Waals surface area (Å²) >= 11 is 0. The summed E-state index contributed by atoms with van der Waals surface area (Å²) in [6.45, 7) is 6.41. The number of hydrogen-bond donors (Lipinski definition) is 1. The number of phenols is 1. The number of phenolic OH excluding ortho intramolecular Hbond substituents is 1. The van der Waals surface area contributed by atoms with Crippen molar-refractivity contribution in [1.82, 2.24) is 0 Å². The first-order valence-corrected chi connectivity index (χ1v) is 7.12. The molecule has 22 heavy (non-hydrogen) atoms. The predicted molar refractivity (Wildman–Crippen MR) is 79.4 cm³/mol. The van der Waals surface area contributed by atoms with Gasteiger partial charge in [-0.25, -0.2) is 9.59 Å². The highest BCUT2D eigenvalue weighted by Gasteiger charge is 2.30. The van der Waals surface area contributed by atoms with E-state index in [-0.39, 0.29) is 35.7 Å². The van der Waals surface area contributed by atoms with E-state index in [0.717, 1.165) is 0 Å². The second-order valence-corrected chi connectivity index (χ2v) is 4.53. The summed E-state index contributed by atoms with van der Waals surface area (Å²) < 4.78 is 9.80. The van der Waals surface area contributed by atoms with Crippen LogP contribution in [0.25, 0.3) is 0 Å². The third-order valence-corrected chi connectivity index (χ3v) is 3.10. The van der Waals surface area contributed by atoms with E-state index >= 15 is 0 Å². The van der Waals surface area contributed by atoms with Gasteiger partial charge in [-0.3, -0.25) is 4.79 Å². The van der Waals surface area contributed by atoms with Crippen LogP contribution in [0.4, 0.5) is 0 Å². The summed E-state index contributed by atoms with van der Waals surface area (Å²) in [5.41, 5.74) is -0.134. The number of carbonyl (C=O) groups is 3. The Morgan fingerprint density at radius 3 is 1.91 bits per heavy atom. The van der Waals surface area contributed by atoms with Crippen molar-refractivity contribution in [1.29, 1.82) is 0 Å². The Morgan fingerprint density at radius 1 is 1.00 bits per heavy atom. The molecular weight excluding hydrogens is 288 g/mol. The van der Waals surface area contributed by atoms with Crippen molar-refractivity contribution in [3.8, 4) is 5.75 Å². The van der Waals surface area contributed by atoms with Crippen molar-refractivity contribution in [2.24, 2.45) is 0 Å². The van der Waals surface area contributed by atoms with Crippen molar-refractivity contribution in [3.63, 3.8) is 0 Å². The Kier molecular flexibility index (Phi) is 6.10. The highest BCUT2D eigenvalue weighted by atomic mass is 16.5. The van der Waals surface area contributed by atoms with Gasteiger partial charge in [0.05, 0.1) is 18.8 Å². The van der Waals surface area contributed by atoms with E-state index in [9.17, 15) is 19.5 Å². The summed E-state index contributed by atoms with van der Waals surface area (Å²) in [6.07, 6.45) is 0.390. The second-order valence-electron chi connectivity index (χ2n) is 4.53. The molecule has 0 radical (unpaired) electrons. The van der Waals surface area contributed by atoms with Gasteiger partial charge in [0.25, 0.3) is 0 Å². The van der Waals surface area contributed by atoms with Crippen LogP contribution in [0.15, 0.2) is 6.07 Å². The average Bonchev–Trinajstić information content (AvgIpc) is 2.46. The Morgan fingerprint density at radius 2 is 1.50 bits per heavy atom. The summed E-state index contributed by atoms with van der Waals surface area (Å²) in [5.74, 6) is -2.45. The van der Waals surface area contributed by atoms with Crippen LogP contribution >= 0.6 is 0 Å². The van der Waals surface area contributed by atoms with Gasteiger partial charge in [0, 0.05) is 5.56 Å². The van der Waals surface area contributed by atoms with Crippen molar-refractivity contribution in [2.45, 2.75) is 34.1 Å². The minimum Gasteiger partial charge on any atom is -0.507 e. The molecule has 1 rings (SSSR count). The van der Waals surface area contributed by atoms with E-state index < -0.39 is 17.7 Å². The first-order chi connectivity index (χ1) is 10.4. The van der Waals surface area contributed by atoms with E-state index in [1.165, 1.54) is 13.0 Å². The number of hydrogen-bond acceptors (Lipinski definition) is 6. The molecule has 0 aliphatic carbocycles. The molecule has 0 amide bonds. The molecule has 0 unspecified atom stereocenters. The molecule has 0 aromatic heterocycles. The van der Waals surface area contributed by atoms with Gasteiger partial charge in [-0.15, -0.1) is 0 Å². The maximum Gasteiger partial charge on any atom is 0.342 e. The average molecular weight is 308 g/mol. The summed E-state index contributed by atoms with van der Waals surface area (Å²) in [5, 5.41) is 10.3. The Hall–Kier alpha value is -2.37. The third-order valence-electron chi connectivity index (χ3n) is 3.10. The lowest BCUT2D eigenvalue weighted by Gasteiger charge is -2.16. The molecule has 0 fully saturated rings. The number of ketones is 1. The summed E-state index contributed by atoms with van der Waals surface area (Å²) in [6, 6.07) is 1.41. The van der Waals surface area contributed by atoms with Gasteiger partial charge in [-0.1, -0.05) is 6.92 Å². The largest absolute Gasteiger partial charge is 0.507 e. The number of carbonyl (C=O) groups excluding carboxylic acids is 3. The standard InChI is InChI=1S/C16H20O6/c1-5-10-8-11(9(4)17)12(15(19)21-6-2)13(14(10)18)16(20)22-7-3/h8,18H,5-7H2,1-4H3. The molecule has 1 N–H and O–H groups in total. The van der Waals surface area contributed by atoms with Crippen LogP contribution in [0.2, 0.25) is 0 Å². The van der Waals surface area contributed by atoms with Crippen LogP contribution in [0, 0.1) is 0 Å². The molecule has 120 valence electrons. The van der Waals surface area contributed by atoms with Gasteiger partial charge in [0.1, 0.15) is 11.3 Å². The van der Waals surface area contributed by atoms with Gasteiger partial charge < -0.3 is 14.6 Å². The molecule has 1 aromatic carbocycles. The van der Waals surface area contributed by atoms with Gasteiger partial charge in [-0.2, -0.15) is 0 Å². The molecular formula is C16H20O6. The molecule has 0 saturated heterocycles. The summed E-state index contributed by atoms with van der Waals surface area (Å²) in [4.78, 5) is 36.1. The van der Waals surface area contributed by atoms with Crippen LogP contribution < -0.4 is 0 Å². The number of ether oxygens (including phenoxy) is 2. The van der Waals surface area contributed by atoms with E-state index in [0.29, 0.717) is 12.0 Å². The monoisotopic (exact) mass is 308 g/mol. The molecule has 0 aliphatic rings. The van der Waals surface area contributed by atoms with E-state index in [4.69, 9.17) is 9.47 Å². The minimum atomic E-state index is -0.860. The maximum absolute atomic E-state index is 12.2. The van der Waals surface area contributed by atoms with E-state index in [1.54, 1.807) is 20.8 Å². The topological polar surface area (TPSA) is 89.9 Å². The fraction of sp³-hybridized carbons (Fsp3) is 0.438. The smallest absolute Gasteiger partial charge is 0.342 e. The van der Waals surface area contributed by atoms with Crippen LogP contribution in [0.1, 0.15) is 64.3 Å². The highest BCUT2D eigenvalue weighted by Crippen LogP contribution is 2.31. The molecule has 1 aromatic rings. The molecule has 0 atom stereocenters. The fourth-order valence-corrected chi connectivity index (χ4v) is 2.09. The normalized spacial score (nSPS) is 10.2. The number of aryl methyl sites for hydroxylation is 1. The zero-order valence-corrected chi connectivity index (χ0v) is 13.2. The molecule has 0 heterocycles. The first-order valence-electron chi connectivity index (χ1n) is 7.12. The van der Waals surface area contributed by atoms with Gasteiger partial charge in [0.15, 0.2) is 5.78 Å². The zero-order valence-electron chi connectivity index (χ0n) is 13.2.